The van der Waals surface area contributed by atoms with Crippen LogP contribution in [0.5, 0.6) is 0 Å². The highest BCUT2D eigenvalue weighted by molar-refractivity contribution is 5.35. The summed E-state index contributed by atoms with van der Waals surface area (Å²) in [7, 11) is 3.00. The molecule has 1 aromatic rings. The molecule has 1 rings (SSSR count). The van der Waals surface area contributed by atoms with Crippen molar-refractivity contribution in [2.24, 2.45) is 0 Å². The molecule has 114 valence electrons. The van der Waals surface area contributed by atoms with Crippen molar-refractivity contribution in [3.05, 3.63) is 34.9 Å². The van der Waals surface area contributed by atoms with Crippen LogP contribution >= 0.6 is 0 Å². The molecule has 0 saturated carbocycles. The van der Waals surface area contributed by atoms with Crippen molar-refractivity contribution in [1.82, 2.24) is 5.32 Å². The SMILES string of the molecule is CCNC(c1ccc(C(F)(F)F)cc1C)C(OC)OC. The number of halogens is 3. The van der Waals surface area contributed by atoms with E-state index in [2.05, 4.69) is 5.32 Å². The second-order valence-electron chi connectivity index (χ2n) is 4.44. The first-order valence-electron chi connectivity index (χ1n) is 6.31. The number of ether oxygens (including phenoxy) is 2. The Bertz CT molecular complexity index is 431. The first-order valence-corrected chi connectivity index (χ1v) is 6.31. The predicted octanol–water partition coefficient (Wildman–Crippen LogP) is 3.28. The van der Waals surface area contributed by atoms with Crippen molar-refractivity contribution in [3.8, 4) is 0 Å². The fourth-order valence-electron chi connectivity index (χ4n) is 2.14. The summed E-state index contributed by atoms with van der Waals surface area (Å²) < 4.78 is 48.5. The Balaban J connectivity index is 3.15. The molecule has 0 bridgehead atoms. The van der Waals surface area contributed by atoms with Gasteiger partial charge in [0, 0.05) is 14.2 Å². The van der Waals surface area contributed by atoms with E-state index in [1.807, 2.05) is 6.92 Å². The Kier molecular flexibility index (Phi) is 5.98. The minimum atomic E-state index is -4.33. The highest BCUT2D eigenvalue weighted by Gasteiger charge is 2.32. The molecule has 0 aliphatic rings. The van der Waals surface area contributed by atoms with Crippen LogP contribution < -0.4 is 5.32 Å². The van der Waals surface area contributed by atoms with Crippen molar-refractivity contribution >= 4 is 0 Å². The molecule has 0 saturated heterocycles. The molecule has 0 aliphatic heterocycles. The quantitative estimate of drug-likeness (QED) is 0.816. The predicted molar refractivity (Wildman–Crippen MR) is 70.4 cm³/mol. The van der Waals surface area contributed by atoms with Gasteiger partial charge < -0.3 is 14.8 Å². The van der Waals surface area contributed by atoms with Gasteiger partial charge in [-0.1, -0.05) is 13.0 Å². The lowest BCUT2D eigenvalue weighted by atomic mass is 9.98. The molecule has 1 unspecified atom stereocenters. The number of rotatable bonds is 6. The Morgan fingerprint density at radius 1 is 1.20 bits per heavy atom. The maximum Gasteiger partial charge on any atom is 0.416 e. The molecule has 1 aromatic carbocycles. The van der Waals surface area contributed by atoms with E-state index >= 15 is 0 Å². The van der Waals surface area contributed by atoms with E-state index < -0.39 is 18.0 Å². The van der Waals surface area contributed by atoms with Gasteiger partial charge in [-0.2, -0.15) is 13.2 Å². The number of nitrogens with one attached hydrogen (secondary N) is 1. The number of benzene rings is 1. The molecule has 1 N–H and O–H groups in total. The summed E-state index contributed by atoms with van der Waals surface area (Å²) in [5, 5.41) is 3.17. The van der Waals surface area contributed by atoms with E-state index in [1.165, 1.54) is 20.3 Å². The first-order chi connectivity index (χ1) is 9.35. The highest BCUT2D eigenvalue weighted by atomic mass is 19.4. The minimum absolute atomic E-state index is 0.322. The van der Waals surface area contributed by atoms with E-state index in [9.17, 15) is 13.2 Å². The van der Waals surface area contributed by atoms with Gasteiger partial charge in [0.15, 0.2) is 6.29 Å². The fourth-order valence-corrected chi connectivity index (χ4v) is 2.14. The molecule has 0 aromatic heterocycles. The summed E-state index contributed by atoms with van der Waals surface area (Å²) in [6.07, 6.45) is -4.90. The van der Waals surface area contributed by atoms with E-state index in [-0.39, 0.29) is 6.04 Å². The molecule has 0 spiro atoms. The van der Waals surface area contributed by atoms with Crippen molar-refractivity contribution < 1.29 is 22.6 Å². The molecule has 0 fully saturated rings. The van der Waals surface area contributed by atoms with Gasteiger partial charge in [-0.05, 0) is 36.7 Å². The summed E-state index contributed by atoms with van der Waals surface area (Å²) >= 11 is 0. The van der Waals surface area contributed by atoms with Gasteiger partial charge in [0.2, 0.25) is 0 Å². The lowest BCUT2D eigenvalue weighted by Crippen LogP contribution is -2.35. The number of hydrogen-bond donors (Lipinski definition) is 1. The average Bonchev–Trinajstić information content (AvgIpc) is 2.38. The van der Waals surface area contributed by atoms with Gasteiger partial charge in [-0.15, -0.1) is 0 Å². The molecule has 0 radical (unpaired) electrons. The van der Waals surface area contributed by atoms with E-state index in [0.29, 0.717) is 12.1 Å². The third-order valence-corrected chi connectivity index (χ3v) is 3.09. The fraction of sp³-hybridized carbons (Fsp3) is 0.571. The molecular formula is C14H20F3NO2. The number of alkyl halides is 3. The van der Waals surface area contributed by atoms with E-state index in [4.69, 9.17) is 9.47 Å². The molecule has 6 heteroatoms. The van der Waals surface area contributed by atoms with Gasteiger partial charge >= 0.3 is 6.18 Å². The van der Waals surface area contributed by atoms with E-state index in [0.717, 1.165) is 17.7 Å². The van der Waals surface area contributed by atoms with Crippen molar-refractivity contribution in [3.63, 3.8) is 0 Å². The van der Waals surface area contributed by atoms with Crippen LogP contribution in [0.25, 0.3) is 0 Å². The molecular weight excluding hydrogens is 271 g/mol. The summed E-state index contributed by atoms with van der Waals surface area (Å²) in [6.45, 7) is 4.21. The highest BCUT2D eigenvalue weighted by Crippen LogP contribution is 2.32. The van der Waals surface area contributed by atoms with Crippen LogP contribution in [-0.4, -0.2) is 27.1 Å². The van der Waals surface area contributed by atoms with Crippen molar-refractivity contribution in [1.29, 1.82) is 0 Å². The minimum Gasteiger partial charge on any atom is -0.354 e. The number of methoxy groups -OCH3 is 2. The standard InChI is InChI=1S/C14H20F3NO2/c1-5-18-12(13(19-3)20-4)11-7-6-10(8-9(11)2)14(15,16)17/h6-8,12-13,18H,5H2,1-4H3. The van der Waals surface area contributed by atoms with Crippen LogP contribution in [0.3, 0.4) is 0 Å². The van der Waals surface area contributed by atoms with Gasteiger partial charge in [-0.25, -0.2) is 0 Å². The van der Waals surface area contributed by atoms with Crippen LogP contribution in [-0.2, 0) is 15.7 Å². The van der Waals surface area contributed by atoms with Crippen molar-refractivity contribution in [2.45, 2.75) is 32.4 Å². The smallest absolute Gasteiger partial charge is 0.354 e. The van der Waals surface area contributed by atoms with Crippen LogP contribution in [0.2, 0.25) is 0 Å². The number of aryl methyl sites for hydroxylation is 1. The number of likely N-dealkylation sites (N-methyl/N-ethyl adjacent to an activating group) is 1. The molecule has 1 atom stereocenters. The van der Waals surface area contributed by atoms with Gasteiger partial charge in [0.1, 0.15) is 0 Å². The van der Waals surface area contributed by atoms with Crippen LogP contribution in [0.4, 0.5) is 13.2 Å². The zero-order valence-corrected chi connectivity index (χ0v) is 12.0. The van der Waals surface area contributed by atoms with Crippen LogP contribution in [0.1, 0.15) is 29.7 Å². The second-order valence-corrected chi connectivity index (χ2v) is 4.44. The largest absolute Gasteiger partial charge is 0.416 e. The maximum atomic E-state index is 12.7. The summed E-state index contributed by atoms with van der Waals surface area (Å²) in [4.78, 5) is 0. The Morgan fingerprint density at radius 3 is 2.20 bits per heavy atom. The topological polar surface area (TPSA) is 30.5 Å². The summed E-state index contributed by atoms with van der Waals surface area (Å²) in [5.41, 5.74) is 0.624. The first kappa shape index (κ1) is 16.9. The number of hydrogen-bond acceptors (Lipinski definition) is 3. The lowest BCUT2D eigenvalue weighted by molar-refractivity contribution is -0.137. The Morgan fingerprint density at radius 2 is 1.80 bits per heavy atom. The van der Waals surface area contributed by atoms with E-state index in [1.54, 1.807) is 6.92 Å². The van der Waals surface area contributed by atoms with Gasteiger partial charge in [-0.3, -0.25) is 0 Å². The zero-order valence-electron chi connectivity index (χ0n) is 12.0. The second kappa shape index (κ2) is 7.06. The molecule has 0 amide bonds. The molecule has 0 aliphatic carbocycles. The normalized spacial score (nSPS) is 13.8. The third kappa shape index (κ3) is 3.94. The molecule has 20 heavy (non-hydrogen) atoms. The molecule has 0 heterocycles. The van der Waals surface area contributed by atoms with Gasteiger partial charge in [0.05, 0.1) is 11.6 Å². The van der Waals surface area contributed by atoms with Crippen LogP contribution in [0, 0.1) is 6.92 Å². The summed E-state index contributed by atoms with van der Waals surface area (Å²) in [6, 6.07) is 3.37. The summed E-state index contributed by atoms with van der Waals surface area (Å²) in [5.74, 6) is 0. The van der Waals surface area contributed by atoms with Crippen molar-refractivity contribution in [2.75, 3.05) is 20.8 Å². The maximum absolute atomic E-state index is 12.7. The zero-order chi connectivity index (χ0) is 15.3. The monoisotopic (exact) mass is 291 g/mol. The van der Waals surface area contributed by atoms with Crippen LogP contribution in [0.15, 0.2) is 18.2 Å². The lowest BCUT2D eigenvalue weighted by Gasteiger charge is -2.27. The van der Waals surface area contributed by atoms with Gasteiger partial charge in [0.25, 0.3) is 0 Å². The Labute approximate surface area is 117 Å². The third-order valence-electron chi connectivity index (χ3n) is 3.09. The average molecular weight is 291 g/mol. The molecule has 3 nitrogen and oxygen atoms in total. The Hall–Kier alpha value is -1.11.